The van der Waals surface area contributed by atoms with Gasteiger partial charge in [0.2, 0.25) is 14.7 Å². The SMILES string of the molecule is Fc1cc(F)c([S+](c2c(F)cc(F)cc2F)c2c(F)cc(F)cc2F)c(F)c1.O=C([O-])C12CC3CC(CC(C3)C1)C2. The van der Waals surface area contributed by atoms with Crippen LogP contribution in [0.5, 0.6) is 0 Å². The highest BCUT2D eigenvalue weighted by Gasteiger charge is 2.51. The van der Waals surface area contributed by atoms with Gasteiger partial charge in [-0.15, -0.1) is 0 Å². The van der Waals surface area contributed by atoms with Gasteiger partial charge in [0.25, 0.3) is 0 Å². The third-order valence-corrected chi connectivity index (χ3v) is 10.4. The molecule has 4 saturated carbocycles. The van der Waals surface area contributed by atoms with Gasteiger partial charge in [-0.05, 0) is 56.3 Å². The van der Waals surface area contributed by atoms with E-state index in [2.05, 4.69) is 0 Å². The lowest BCUT2D eigenvalue weighted by Crippen LogP contribution is -2.54. The summed E-state index contributed by atoms with van der Waals surface area (Å²) in [5.41, 5.74) is -0.394. The number of hydrogen-bond acceptors (Lipinski definition) is 2. The number of benzene rings is 3. The molecule has 41 heavy (non-hydrogen) atoms. The Hall–Kier alpha value is -3.15. The topological polar surface area (TPSA) is 40.1 Å². The van der Waals surface area contributed by atoms with Crippen molar-refractivity contribution in [1.82, 2.24) is 0 Å². The molecule has 7 rings (SSSR count). The second kappa shape index (κ2) is 10.9. The first-order valence-electron chi connectivity index (χ1n) is 12.7. The van der Waals surface area contributed by atoms with Crippen molar-refractivity contribution >= 4 is 16.9 Å². The molecular weight excluding hydrogens is 583 g/mol. The molecule has 0 aliphatic heterocycles. The van der Waals surface area contributed by atoms with Gasteiger partial charge in [0, 0.05) is 47.8 Å². The van der Waals surface area contributed by atoms with E-state index in [1.165, 1.54) is 19.3 Å². The molecule has 0 saturated heterocycles. The van der Waals surface area contributed by atoms with Crippen LogP contribution in [0.15, 0.2) is 51.1 Å². The third-order valence-electron chi connectivity index (χ3n) is 7.97. The minimum Gasteiger partial charge on any atom is -0.550 e. The van der Waals surface area contributed by atoms with Crippen molar-refractivity contribution in [3.63, 3.8) is 0 Å². The molecule has 4 aliphatic rings. The van der Waals surface area contributed by atoms with Gasteiger partial charge in [-0.3, -0.25) is 0 Å². The minimum atomic E-state index is -2.86. The van der Waals surface area contributed by atoms with Crippen LogP contribution in [0.4, 0.5) is 39.5 Å². The van der Waals surface area contributed by atoms with Crippen LogP contribution in [0.25, 0.3) is 0 Å². The van der Waals surface area contributed by atoms with Crippen LogP contribution in [0.1, 0.15) is 38.5 Å². The van der Waals surface area contributed by atoms with E-state index in [4.69, 9.17) is 0 Å². The molecule has 0 amide bonds. The van der Waals surface area contributed by atoms with Crippen molar-refractivity contribution < 1.29 is 49.4 Å². The highest BCUT2D eigenvalue weighted by molar-refractivity contribution is 7.97. The molecule has 0 N–H and O–H groups in total. The summed E-state index contributed by atoms with van der Waals surface area (Å²) in [6, 6.07) is 0.816. The van der Waals surface area contributed by atoms with Gasteiger partial charge in [0.1, 0.15) is 28.3 Å². The maximum absolute atomic E-state index is 14.3. The Bertz CT molecular complexity index is 1290. The van der Waals surface area contributed by atoms with Crippen molar-refractivity contribution in [3.8, 4) is 0 Å². The van der Waals surface area contributed by atoms with E-state index in [1.807, 2.05) is 0 Å². The van der Waals surface area contributed by atoms with E-state index in [1.54, 1.807) is 0 Å². The fraction of sp³-hybridized carbons (Fsp3) is 0.345. The Balaban J connectivity index is 0.000000213. The predicted molar refractivity (Wildman–Crippen MR) is 127 cm³/mol. The van der Waals surface area contributed by atoms with Crippen LogP contribution in [0.3, 0.4) is 0 Å². The Morgan fingerprint density at radius 1 is 0.561 bits per heavy atom. The van der Waals surface area contributed by atoms with E-state index in [0.717, 1.165) is 19.3 Å². The molecule has 3 aromatic rings. The van der Waals surface area contributed by atoms with Crippen LogP contribution in [0.2, 0.25) is 0 Å². The fourth-order valence-electron chi connectivity index (χ4n) is 6.84. The molecule has 0 aromatic heterocycles. The zero-order valence-corrected chi connectivity index (χ0v) is 21.9. The predicted octanol–water partition coefficient (Wildman–Crippen LogP) is 6.99. The average Bonchev–Trinajstić information content (AvgIpc) is 2.81. The van der Waals surface area contributed by atoms with Gasteiger partial charge in [-0.2, -0.15) is 0 Å². The van der Waals surface area contributed by atoms with Gasteiger partial charge < -0.3 is 9.90 Å². The molecular formula is C29H21F9O2S. The average molecular weight is 605 g/mol. The zero-order chi connectivity index (χ0) is 29.8. The molecule has 4 fully saturated rings. The van der Waals surface area contributed by atoms with E-state index in [-0.39, 0.29) is 36.4 Å². The smallest absolute Gasteiger partial charge is 0.238 e. The van der Waals surface area contributed by atoms with Crippen molar-refractivity contribution in [2.45, 2.75) is 53.2 Å². The van der Waals surface area contributed by atoms with Gasteiger partial charge in [0.15, 0.2) is 34.9 Å². The molecule has 4 aliphatic carbocycles. The van der Waals surface area contributed by atoms with Crippen LogP contribution in [-0.2, 0) is 15.7 Å². The molecule has 4 bridgehead atoms. The number of carbonyl (C=O) groups excluding carboxylic acids is 1. The minimum absolute atomic E-state index is 0.136. The summed E-state index contributed by atoms with van der Waals surface area (Å²) < 4.78 is 126. The summed E-state index contributed by atoms with van der Waals surface area (Å²) >= 11 is 0. The molecule has 0 atom stereocenters. The number of carbonyl (C=O) groups is 1. The molecule has 0 unspecified atom stereocenters. The summed E-state index contributed by atoms with van der Waals surface area (Å²) in [6.45, 7) is 0. The monoisotopic (exact) mass is 604 g/mol. The second-order valence-electron chi connectivity index (χ2n) is 10.9. The number of carboxylic acids is 1. The summed E-state index contributed by atoms with van der Waals surface area (Å²) in [5, 5.41) is 11.1. The highest BCUT2D eigenvalue weighted by atomic mass is 32.2. The molecule has 0 radical (unpaired) electrons. The summed E-state index contributed by atoms with van der Waals surface area (Å²) in [5.74, 6) is -13.0. The first-order chi connectivity index (χ1) is 19.3. The van der Waals surface area contributed by atoms with Crippen molar-refractivity contribution in [2.75, 3.05) is 0 Å². The largest absolute Gasteiger partial charge is 0.550 e. The highest BCUT2D eigenvalue weighted by Crippen LogP contribution is 2.59. The van der Waals surface area contributed by atoms with Crippen LogP contribution < -0.4 is 5.11 Å². The number of aliphatic carboxylic acids is 1. The molecule has 12 heteroatoms. The Morgan fingerprint density at radius 3 is 1.02 bits per heavy atom. The fourth-order valence-corrected chi connectivity index (χ4v) is 8.97. The van der Waals surface area contributed by atoms with E-state index < -0.39 is 89.3 Å². The molecule has 218 valence electrons. The maximum atomic E-state index is 14.3. The quantitative estimate of drug-likeness (QED) is 0.238. The van der Waals surface area contributed by atoms with Gasteiger partial charge in [0.05, 0.1) is 0 Å². The normalized spacial score (nSPS) is 24.4. The molecule has 0 heterocycles. The Labute approximate surface area is 231 Å². The van der Waals surface area contributed by atoms with E-state index in [0.29, 0.717) is 17.8 Å². The van der Waals surface area contributed by atoms with Gasteiger partial charge in [-0.1, -0.05) is 0 Å². The second-order valence-corrected chi connectivity index (χ2v) is 12.7. The number of halogens is 9. The van der Waals surface area contributed by atoms with Crippen molar-refractivity contribution in [1.29, 1.82) is 0 Å². The summed E-state index contributed by atoms with van der Waals surface area (Å²) in [7, 11) is -2.86. The summed E-state index contributed by atoms with van der Waals surface area (Å²) in [6.07, 6.45) is 6.65. The third kappa shape index (κ3) is 5.54. The first kappa shape index (κ1) is 29.3. The molecule has 3 aromatic carbocycles. The van der Waals surface area contributed by atoms with Crippen LogP contribution >= 0.6 is 0 Å². The van der Waals surface area contributed by atoms with Gasteiger partial charge >= 0.3 is 0 Å². The zero-order valence-electron chi connectivity index (χ0n) is 21.1. The van der Waals surface area contributed by atoms with Crippen LogP contribution in [-0.4, -0.2) is 5.97 Å². The number of rotatable bonds is 4. The standard InChI is InChI=1S/C18H6F9S.C11H16O2/c19-7-1-10(22)16(11(23)2-7)28(17-12(24)3-8(20)4-13(17)25)18-14(26)5-9(21)6-15(18)27;12-10(13)11-4-7-1-8(5-11)3-9(2-7)6-11/h1-6H;7-9H,1-6H2,(H,12,13)/q+1;/p-1. The first-order valence-corrected chi connectivity index (χ1v) is 13.9. The number of hydrogen-bond donors (Lipinski definition) is 0. The lowest BCUT2D eigenvalue weighted by Gasteiger charge is -2.57. The maximum Gasteiger partial charge on any atom is 0.238 e. The number of carboxylic acid groups (broad SMARTS) is 1. The van der Waals surface area contributed by atoms with Gasteiger partial charge in [-0.25, -0.2) is 39.5 Å². The van der Waals surface area contributed by atoms with E-state index in [9.17, 15) is 49.4 Å². The van der Waals surface area contributed by atoms with E-state index >= 15 is 0 Å². The Kier molecular flexibility index (Phi) is 7.82. The van der Waals surface area contributed by atoms with Crippen molar-refractivity contribution in [3.05, 3.63) is 88.8 Å². The lowest BCUT2D eigenvalue weighted by atomic mass is 9.49. The molecule has 2 nitrogen and oxygen atoms in total. The Morgan fingerprint density at radius 2 is 0.805 bits per heavy atom. The van der Waals surface area contributed by atoms with Crippen LogP contribution in [0, 0.1) is 75.5 Å². The van der Waals surface area contributed by atoms with Crippen molar-refractivity contribution in [2.24, 2.45) is 23.2 Å². The molecule has 0 spiro atoms. The summed E-state index contributed by atoms with van der Waals surface area (Å²) in [4.78, 5) is 7.30. The lowest BCUT2D eigenvalue weighted by molar-refractivity contribution is -0.327.